The van der Waals surface area contributed by atoms with E-state index in [9.17, 15) is 4.39 Å². The number of ether oxygens (including phenoxy) is 1. The molecule has 0 amide bonds. The third-order valence-corrected chi connectivity index (χ3v) is 5.14. The Morgan fingerprint density at radius 1 is 1.39 bits per heavy atom. The number of halogens is 2. The van der Waals surface area contributed by atoms with Gasteiger partial charge in [-0.2, -0.15) is 0 Å². The maximum atomic E-state index is 14.2. The summed E-state index contributed by atoms with van der Waals surface area (Å²) in [7, 11) is 1.50. The quantitative estimate of drug-likeness (QED) is 0.749. The van der Waals surface area contributed by atoms with Crippen LogP contribution in [-0.2, 0) is 6.42 Å². The highest BCUT2D eigenvalue weighted by Crippen LogP contribution is 2.61. The van der Waals surface area contributed by atoms with Crippen molar-refractivity contribution in [3.8, 4) is 5.75 Å². The molecule has 0 bridgehead atoms. The molecule has 98 valence electrons. The van der Waals surface area contributed by atoms with E-state index in [1.165, 1.54) is 13.5 Å². The van der Waals surface area contributed by atoms with Gasteiger partial charge in [-0.25, -0.2) is 4.39 Å². The molecule has 3 rings (SSSR count). The third-order valence-electron chi connectivity index (χ3n) is 4.57. The highest BCUT2D eigenvalue weighted by molar-refractivity contribution is 6.18. The number of benzene rings is 1. The molecule has 2 unspecified atom stereocenters. The molecule has 1 aromatic carbocycles. The third kappa shape index (κ3) is 2.01. The Bertz CT molecular complexity index is 450. The van der Waals surface area contributed by atoms with Crippen LogP contribution in [0.2, 0.25) is 0 Å². The smallest absolute Gasteiger partial charge is 0.168 e. The van der Waals surface area contributed by atoms with Crippen LogP contribution in [0, 0.1) is 23.1 Å². The van der Waals surface area contributed by atoms with E-state index in [1.807, 2.05) is 12.1 Å². The second-order valence-corrected chi connectivity index (χ2v) is 6.18. The summed E-state index contributed by atoms with van der Waals surface area (Å²) in [5.74, 6) is 2.47. The summed E-state index contributed by atoms with van der Waals surface area (Å²) in [6, 6.07) is 5.38. The van der Waals surface area contributed by atoms with Gasteiger partial charge in [0.25, 0.3) is 0 Å². The van der Waals surface area contributed by atoms with E-state index < -0.39 is 0 Å². The van der Waals surface area contributed by atoms with Crippen molar-refractivity contribution in [2.75, 3.05) is 13.0 Å². The van der Waals surface area contributed by atoms with Crippen molar-refractivity contribution < 1.29 is 9.13 Å². The summed E-state index contributed by atoms with van der Waals surface area (Å²) in [5, 5.41) is 0. The second-order valence-electron chi connectivity index (χ2n) is 5.91. The summed E-state index contributed by atoms with van der Waals surface area (Å²) >= 11 is 6.17. The minimum Gasteiger partial charge on any atom is -0.494 e. The zero-order chi connectivity index (χ0) is 12.8. The molecule has 0 heterocycles. The van der Waals surface area contributed by atoms with Gasteiger partial charge in [0.1, 0.15) is 0 Å². The van der Waals surface area contributed by atoms with Gasteiger partial charge < -0.3 is 4.74 Å². The van der Waals surface area contributed by atoms with Crippen molar-refractivity contribution in [1.82, 2.24) is 0 Å². The summed E-state index contributed by atoms with van der Waals surface area (Å²) in [6.07, 6.45) is 4.43. The molecule has 1 aromatic rings. The van der Waals surface area contributed by atoms with Crippen LogP contribution in [0.25, 0.3) is 0 Å². The van der Waals surface area contributed by atoms with E-state index in [0.29, 0.717) is 11.6 Å². The maximum absolute atomic E-state index is 14.2. The van der Waals surface area contributed by atoms with E-state index in [-0.39, 0.29) is 11.2 Å². The molecule has 18 heavy (non-hydrogen) atoms. The Balaban J connectivity index is 1.83. The lowest BCUT2D eigenvalue weighted by Crippen LogP contribution is -2.24. The summed E-state index contributed by atoms with van der Waals surface area (Å²) in [5.41, 5.74) is 0.860. The van der Waals surface area contributed by atoms with E-state index in [2.05, 4.69) is 0 Å². The lowest BCUT2D eigenvalue weighted by atomic mass is 9.79. The molecule has 2 aliphatic carbocycles. The topological polar surface area (TPSA) is 9.23 Å². The van der Waals surface area contributed by atoms with E-state index in [0.717, 1.165) is 36.7 Å². The molecule has 0 aliphatic heterocycles. The zero-order valence-corrected chi connectivity index (χ0v) is 11.3. The van der Waals surface area contributed by atoms with E-state index in [1.54, 1.807) is 6.07 Å². The summed E-state index contributed by atoms with van der Waals surface area (Å²) in [4.78, 5) is 0. The molecule has 3 heteroatoms. The SMILES string of the molecule is COc1cccc(CC2(CCl)CC3CC3C2)c1F. The predicted octanol–water partition coefficient (Wildman–Crippen LogP) is 4.03. The Hall–Kier alpha value is -0.760. The maximum Gasteiger partial charge on any atom is 0.168 e. The number of fused-ring (bicyclic) bond motifs is 1. The molecule has 0 N–H and O–H groups in total. The molecule has 0 spiro atoms. The molecular formula is C15H18ClFO. The van der Waals surface area contributed by atoms with Crippen LogP contribution in [0.5, 0.6) is 5.75 Å². The van der Waals surface area contributed by atoms with Gasteiger partial charge in [0, 0.05) is 5.88 Å². The molecule has 0 aromatic heterocycles. The minimum atomic E-state index is -0.218. The zero-order valence-electron chi connectivity index (χ0n) is 10.6. The first kappa shape index (κ1) is 12.3. The normalized spacial score (nSPS) is 33.3. The van der Waals surface area contributed by atoms with Crippen LogP contribution in [0.4, 0.5) is 4.39 Å². The van der Waals surface area contributed by atoms with E-state index in [4.69, 9.17) is 16.3 Å². The summed E-state index contributed by atoms with van der Waals surface area (Å²) < 4.78 is 19.2. The molecular weight excluding hydrogens is 251 g/mol. The fourth-order valence-corrected chi connectivity index (χ4v) is 3.87. The average Bonchev–Trinajstić information content (AvgIpc) is 3.00. The van der Waals surface area contributed by atoms with Crippen LogP contribution in [-0.4, -0.2) is 13.0 Å². The van der Waals surface area contributed by atoms with Crippen molar-refractivity contribution in [2.24, 2.45) is 17.3 Å². The average molecular weight is 269 g/mol. The van der Waals surface area contributed by atoms with Crippen LogP contribution < -0.4 is 4.74 Å². The molecule has 0 radical (unpaired) electrons. The van der Waals surface area contributed by atoms with Gasteiger partial charge in [0.05, 0.1) is 7.11 Å². The van der Waals surface area contributed by atoms with Gasteiger partial charge in [-0.15, -0.1) is 11.6 Å². The highest BCUT2D eigenvalue weighted by Gasteiger charge is 2.53. The van der Waals surface area contributed by atoms with Crippen molar-refractivity contribution in [2.45, 2.75) is 25.7 Å². The first-order valence-electron chi connectivity index (χ1n) is 6.55. The molecule has 1 nitrogen and oxygen atoms in total. The van der Waals surface area contributed by atoms with Crippen molar-refractivity contribution in [3.05, 3.63) is 29.6 Å². The van der Waals surface area contributed by atoms with Crippen LogP contribution in [0.1, 0.15) is 24.8 Å². The van der Waals surface area contributed by atoms with Crippen LogP contribution in [0.15, 0.2) is 18.2 Å². The van der Waals surface area contributed by atoms with Crippen LogP contribution in [0.3, 0.4) is 0 Å². The minimum absolute atomic E-state index is 0.113. The monoisotopic (exact) mass is 268 g/mol. The van der Waals surface area contributed by atoms with Crippen molar-refractivity contribution in [1.29, 1.82) is 0 Å². The largest absolute Gasteiger partial charge is 0.494 e. The van der Waals surface area contributed by atoms with Gasteiger partial charge >= 0.3 is 0 Å². The van der Waals surface area contributed by atoms with Gasteiger partial charge in [0.15, 0.2) is 11.6 Å². The lowest BCUT2D eigenvalue weighted by molar-refractivity contribution is 0.296. The fraction of sp³-hybridized carbons (Fsp3) is 0.600. The number of hydrogen-bond donors (Lipinski definition) is 0. The first-order valence-corrected chi connectivity index (χ1v) is 7.08. The number of hydrogen-bond acceptors (Lipinski definition) is 1. The molecule has 2 saturated carbocycles. The molecule has 2 atom stereocenters. The van der Waals surface area contributed by atoms with Gasteiger partial charge in [-0.05, 0) is 54.6 Å². The van der Waals surface area contributed by atoms with Crippen molar-refractivity contribution >= 4 is 11.6 Å². The Labute approximate surface area is 112 Å². The second kappa shape index (κ2) is 4.41. The lowest BCUT2D eigenvalue weighted by Gasteiger charge is -2.29. The van der Waals surface area contributed by atoms with Crippen molar-refractivity contribution in [3.63, 3.8) is 0 Å². The summed E-state index contributed by atoms with van der Waals surface area (Å²) in [6.45, 7) is 0. The Kier molecular flexibility index (Phi) is 3.01. The first-order chi connectivity index (χ1) is 8.67. The van der Waals surface area contributed by atoms with Gasteiger partial charge in [0.2, 0.25) is 0 Å². The Morgan fingerprint density at radius 3 is 2.72 bits per heavy atom. The number of methoxy groups -OCH3 is 1. The highest BCUT2D eigenvalue weighted by atomic mass is 35.5. The van der Waals surface area contributed by atoms with Gasteiger partial charge in [-0.1, -0.05) is 12.1 Å². The predicted molar refractivity (Wildman–Crippen MR) is 70.6 cm³/mol. The van der Waals surface area contributed by atoms with Gasteiger partial charge in [-0.3, -0.25) is 0 Å². The van der Waals surface area contributed by atoms with Crippen LogP contribution >= 0.6 is 11.6 Å². The number of alkyl halides is 1. The molecule has 2 aliphatic rings. The number of rotatable bonds is 4. The molecule has 2 fully saturated rings. The molecule has 0 saturated heterocycles. The fourth-order valence-electron chi connectivity index (χ4n) is 3.56. The standard InChI is InChI=1S/C15H18ClFO/c1-18-13-4-2-3-10(14(13)17)6-15(9-16)7-11-5-12(11)8-15/h2-4,11-12H,5-9H2,1H3. The van der Waals surface area contributed by atoms with E-state index >= 15 is 0 Å². The Morgan fingerprint density at radius 2 is 2.11 bits per heavy atom.